The maximum atomic E-state index is 11.7. The van der Waals surface area contributed by atoms with Crippen LogP contribution in [-0.2, 0) is 13.8 Å². The quantitative estimate of drug-likeness (QED) is 0.663. The van der Waals surface area contributed by atoms with Crippen LogP contribution in [0.15, 0.2) is 23.1 Å². The highest BCUT2D eigenvalue weighted by molar-refractivity contribution is 8.13. The molecule has 0 spiro atoms. The molecule has 100 valence electrons. The Morgan fingerprint density at radius 1 is 1.44 bits per heavy atom. The van der Waals surface area contributed by atoms with E-state index in [0.29, 0.717) is 13.2 Å². The molecule has 0 saturated heterocycles. The lowest BCUT2D eigenvalue weighted by Gasteiger charge is -2.07. The molecule has 1 amide bonds. The number of hydrogen-bond donors (Lipinski definition) is 1. The molecule has 0 saturated carbocycles. The maximum absolute atomic E-state index is 11.7. The molecule has 8 heteroatoms. The summed E-state index contributed by atoms with van der Waals surface area (Å²) in [6.45, 7) is 0.639. The molecule has 1 rings (SSSR count). The Labute approximate surface area is 114 Å². The first-order valence-corrected chi connectivity index (χ1v) is 7.56. The average molecular weight is 312 g/mol. The van der Waals surface area contributed by atoms with Gasteiger partial charge in [-0.1, -0.05) is 11.6 Å². The predicted octanol–water partition coefficient (Wildman–Crippen LogP) is 1.64. The van der Waals surface area contributed by atoms with Crippen molar-refractivity contribution in [1.29, 1.82) is 0 Å². The molecule has 1 aromatic carbocycles. The number of halogens is 2. The molecule has 0 aliphatic carbocycles. The second kappa shape index (κ2) is 6.38. The van der Waals surface area contributed by atoms with Gasteiger partial charge >= 0.3 is 0 Å². The van der Waals surface area contributed by atoms with Gasteiger partial charge in [-0.05, 0) is 18.2 Å². The van der Waals surface area contributed by atoms with Gasteiger partial charge < -0.3 is 10.1 Å². The van der Waals surface area contributed by atoms with Gasteiger partial charge in [-0.25, -0.2) is 8.42 Å². The van der Waals surface area contributed by atoms with Gasteiger partial charge in [0.05, 0.1) is 22.1 Å². The zero-order valence-corrected chi connectivity index (χ0v) is 11.8. The van der Waals surface area contributed by atoms with Crippen LogP contribution in [0, 0.1) is 0 Å². The lowest BCUT2D eigenvalue weighted by atomic mass is 10.2. The van der Waals surface area contributed by atoms with Crippen molar-refractivity contribution in [2.45, 2.75) is 4.90 Å². The van der Waals surface area contributed by atoms with E-state index in [1.807, 2.05) is 0 Å². The van der Waals surface area contributed by atoms with E-state index < -0.39 is 15.0 Å². The molecule has 0 atom stereocenters. The molecule has 0 unspecified atom stereocenters. The summed E-state index contributed by atoms with van der Waals surface area (Å²) >= 11 is 5.82. The summed E-state index contributed by atoms with van der Waals surface area (Å²) in [6, 6.07) is 3.67. The smallest absolute Gasteiger partial charge is 0.261 e. The van der Waals surface area contributed by atoms with Crippen molar-refractivity contribution < 1.29 is 17.9 Å². The first-order valence-electron chi connectivity index (χ1n) is 4.87. The van der Waals surface area contributed by atoms with E-state index in [4.69, 9.17) is 27.0 Å². The van der Waals surface area contributed by atoms with Gasteiger partial charge in [0.2, 0.25) is 0 Å². The Morgan fingerprint density at radius 2 is 2.11 bits per heavy atom. The van der Waals surface area contributed by atoms with Gasteiger partial charge in [-0.2, -0.15) is 0 Å². The van der Waals surface area contributed by atoms with Crippen LogP contribution in [0.2, 0.25) is 5.02 Å². The predicted molar refractivity (Wildman–Crippen MR) is 68.7 cm³/mol. The highest BCUT2D eigenvalue weighted by atomic mass is 35.7. The molecule has 1 aromatic rings. The highest BCUT2D eigenvalue weighted by Crippen LogP contribution is 2.22. The van der Waals surface area contributed by atoms with Crippen LogP contribution in [0.4, 0.5) is 0 Å². The second-order valence-electron chi connectivity index (χ2n) is 3.33. The number of benzene rings is 1. The lowest BCUT2D eigenvalue weighted by Crippen LogP contribution is -2.27. The van der Waals surface area contributed by atoms with E-state index in [1.165, 1.54) is 19.2 Å². The van der Waals surface area contributed by atoms with Crippen molar-refractivity contribution in [3.8, 4) is 0 Å². The summed E-state index contributed by atoms with van der Waals surface area (Å²) in [5.74, 6) is -0.487. The molecule has 0 aliphatic heterocycles. The first kappa shape index (κ1) is 15.2. The normalized spacial score (nSPS) is 11.3. The van der Waals surface area contributed by atoms with Gasteiger partial charge in [-0.15, -0.1) is 0 Å². The molecule has 0 bridgehead atoms. The summed E-state index contributed by atoms with van der Waals surface area (Å²) in [6.07, 6.45) is 0. The molecule has 0 aromatic heterocycles. The number of nitrogens with one attached hydrogen (secondary N) is 1. The number of rotatable bonds is 5. The number of amides is 1. The summed E-state index contributed by atoms with van der Waals surface area (Å²) in [7, 11) is 2.80. The minimum atomic E-state index is -3.89. The summed E-state index contributed by atoms with van der Waals surface area (Å²) in [4.78, 5) is 11.6. The van der Waals surface area contributed by atoms with Crippen LogP contribution in [0.25, 0.3) is 0 Å². The molecule has 1 N–H and O–H groups in total. The van der Waals surface area contributed by atoms with Crippen LogP contribution in [0.1, 0.15) is 10.4 Å². The Kier molecular flexibility index (Phi) is 5.40. The number of carbonyl (C=O) groups is 1. The third-order valence-corrected chi connectivity index (χ3v) is 3.74. The average Bonchev–Trinajstić information content (AvgIpc) is 2.28. The third kappa shape index (κ3) is 4.13. The zero-order chi connectivity index (χ0) is 13.8. The van der Waals surface area contributed by atoms with E-state index in [1.54, 1.807) is 0 Å². The first-order chi connectivity index (χ1) is 8.36. The fourth-order valence-electron chi connectivity index (χ4n) is 1.19. The third-order valence-electron chi connectivity index (χ3n) is 2.06. The molecule has 0 aliphatic rings. The molecular weight excluding hydrogens is 301 g/mol. The molecule has 0 radical (unpaired) electrons. The Bertz CT molecular complexity index is 545. The molecule has 18 heavy (non-hydrogen) atoms. The minimum absolute atomic E-state index is 0.0505. The molecule has 5 nitrogen and oxygen atoms in total. The van der Waals surface area contributed by atoms with E-state index in [2.05, 4.69) is 5.32 Å². The highest BCUT2D eigenvalue weighted by Gasteiger charge is 2.16. The Balaban J connectivity index is 2.97. The van der Waals surface area contributed by atoms with Crippen molar-refractivity contribution in [3.05, 3.63) is 28.8 Å². The van der Waals surface area contributed by atoms with Gasteiger partial charge in [0.25, 0.3) is 15.0 Å². The Hall–Kier alpha value is -0.820. The molecular formula is C10H11Cl2NO4S. The number of ether oxygens (including phenoxy) is 1. The zero-order valence-electron chi connectivity index (χ0n) is 9.44. The van der Waals surface area contributed by atoms with Gasteiger partial charge in [0.15, 0.2) is 0 Å². The van der Waals surface area contributed by atoms with Gasteiger partial charge in [0.1, 0.15) is 0 Å². The minimum Gasteiger partial charge on any atom is -0.383 e. The second-order valence-corrected chi connectivity index (χ2v) is 6.30. The van der Waals surface area contributed by atoms with Crippen molar-refractivity contribution in [2.24, 2.45) is 0 Å². The van der Waals surface area contributed by atoms with E-state index >= 15 is 0 Å². The van der Waals surface area contributed by atoms with Crippen molar-refractivity contribution in [1.82, 2.24) is 5.32 Å². The summed E-state index contributed by atoms with van der Waals surface area (Å²) in [5.41, 5.74) is 0.0505. The lowest BCUT2D eigenvalue weighted by molar-refractivity contribution is 0.0937. The van der Waals surface area contributed by atoms with Gasteiger partial charge in [-0.3, -0.25) is 4.79 Å². The largest absolute Gasteiger partial charge is 0.383 e. The van der Waals surface area contributed by atoms with Crippen molar-refractivity contribution in [2.75, 3.05) is 20.3 Å². The van der Waals surface area contributed by atoms with Crippen LogP contribution < -0.4 is 5.32 Å². The topological polar surface area (TPSA) is 72.5 Å². The summed E-state index contributed by atoms with van der Waals surface area (Å²) < 4.78 is 27.1. The standard InChI is InChI=1S/C10H11Cl2NO4S/c1-17-5-4-13-10(14)8-6-7(18(12,15)16)2-3-9(8)11/h2-3,6H,4-5H2,1H3,(H,13,14). The number of carbonyl (C=O) groups excluding carboxylic acids is 1. The fraction of sp³-hybridized carbons (Fsp3) is 0.300. The Morgan fingerprint density at radius 3 is 2.67 bits per heavy atom. The van der Waals surface area contributed by atoms with Gasteiger partial charge in [0, 0.05) is 24.3 Å². The molecule has 0 fully saturated rings. The number of hydrogen-bond acceptors (Lipinski definition) is 4. The fourth-order valence-corrected chi connectivity index (χ4v) is 2.17. The SMILES string of the molecule is COCCNC(=O)c1cc(S(=O)(=O)Cl)ccc1Cl. The number of methoxy groups -OCH3 is 1. The maximum Gasteiger partial charge on any atom is 0.261 e. The van der Waals surface area contributed by atoms with Crippen LogP contribution >= 0.6 is 22.3 Å². The monoisotopic (exact) mass is 311 g/mol. The van der Waals surface area contributed by atoms with Crippen molar-refractivity contribution in [3.63, 3.8) is 0 Å². The van der Waals surface area contributed by atoms with Crippen LogP contribution in [0.5, 0.6) is 0 Å². The summed E-state index contributed by atoms with van der Waals surface area (Å²) in [5, 5.41) is 2.68. The molecule has 0 heterocycles. The van der Waals surface area contributed by atoms with Crippen LogP contribution in [0.3, 0.4) is 0 Å². The van der Waals surface area contributed by atoms with Crippen LogP contribution in [-0.4, -0.2) is 34.6 Å². The van der Waals surface area contributed by atoms with E-state index in [0.717, 1.165) is 6.07 Å². The van der Waals surface area contributed by atoms with Crippen molar-refractivity contribution >= 4 is 37.2 Å². The van der Waals surface area contributed by atoms with E-state index in [-0.39, 0.29) is 15.5 Å². The van der Waals surface area contributed by atoms with E-state index in [9.17, 15) is 13.2 Å².